The molecule has 1 saturated heterocycles. The molecule has 0 saturated carbocycles. The van der Waals surface area contributed by atoms with E-state index in [9.17, 15) is 0 Å². The Balaban J connectivity index is 2.15. The highest BCUT2D eigenvalue weighted by molar-refractivity contribution is 8.06. The Morgan fingerprint density at radius 3 is 2.75 bits per heavy atom. The second-order valence-corrected chi connectivity index (χ2v) is 6.87. The van der Waals surface area contributed by atoms with Crippen LogP contribution in [-0.4, -0.2) is 22.5 Å². The fraction of sp³-hybridized carbons (Fsp3) is 0.538. The van der Waals surface area contributed by atoms with Crippen LogP contribution in [0.5, 0.6) is 0 Å². The maximum atomic E-state index is 6.39. The number of benzene rings is 1. The van der Waals surface area contributed by atoms with Crippen LogP contribution in [0.15, 0.2) is 18.2 Å². The molecular formula is C13H19NS2. The van der Waals surface area contributed by atoms with Gasteiger partial charge in [0.05, 0.1) is 0 Å². The van der Waals surface area contributed by atoms with Crippen molar-refractivity contribution in [1.82, 2.24) is 0 Å². The maximum Gasteiger partial charge on any atom is 0.0426 e. The van der Waals surface area contributed by atoms with Gasteiger partial charge in [-0.15, -0.1) is 0 Å². The minimum absolute atomic E-state index is 0.193. The molecule has 1 fully saturated rings. The molecule has 1 aliphatic heterocycles. The van der Waals surface area contributed by atoms with Gasteiger partial charge in [-0.1, -0.05) is 23.8 Å². The predicted octanol–water partition coefficient (Wildman–Crippen LogP) is 3.15. The smallest absolute Gasteiger partial charge is 0.0426 e. The van der Waals surface area contributed by atoms with Gasteiger partial charge < -0.3 is 5.73 Å². The zero-order valence-corrected chi connectivity index (χ0v) is 11.5. The quantitative estimate of drug-likeness (QED) is 0.877. The van der Waals surface area contributed by atoms with Crippen molar-refractivity contribution in [1.29, 1.82) is 0 Å². The van der Waals surface area contributed by atoms with Crippen molar-refractivity contribution in [2.45, 2.75) is 25.1 Å². The summed E-state index contributed by atoms with van der Waals surface area (Å²) in [5.74, 6) is 3.72. The normalized spacial score (nSPS) is 23.1. The lowest BCUT2D eigenvalue weighted by molar-refractivity contribution is 0.714. The first-order valence-electron chi connectivity index (χ1n) is 5.70. The van der Waals surface area contributed by atoms with Crippen LogP contribution < -0.4 is 5.73 Å². The molecule has 88 valence electrons. The maximum absolute atomic E-state index is 6.39. The molecular weight excluding hydrogens is 234 g/mol. The molecule has 1 nitrogen and oxygen atoms in total. The Bertz CT molecular complexity index is 359. The first-order valence-corrected chi connectivity index (χ1v) is 7.91. The molecule has 16 heavy (non-hydrogen) atoms. The fourth-order valence-electron chi connectivity index (χ4n) is 2.11. The van der Waals surface area contributed by atoms with Gasteiger partial charge in [-0.3, -0.25) is 0 Å². The standard InChI is InChI=1S/C13H19NS2/c1-9-3-4-11(10(2)7-9)13(14)12-8-15-5-6-16-12/h3-4,7,12-13H,5-6,8,14H2,1-2H3. The third-order valence-corrected chi connectivity index (χ3v) is 5.91. The number of nitrogens with two attached hydrogens (primary N) is 1. The lowest BCUT2D eigenvalue weighted by atomic mass is 9.98. The molecule has 0 aromatic heterocycles. The molecule has 0 radical (unpaired) electrons. The van der Waals surface area contributed by atoms with Crippen LogP contribution in [0.2, 0.25) is 0 Å². The summed E-state index contributed by atoms with van der Waals surface area (Å²) in [4.78, 5) is 0. The molecule has 2 unspecified atom stereocenters. The Morgan fingerprint density at radius 1 is 1.31 bits per heavy atom. The van der Waals surface area contributed by atoms with E-state index in [4.69, 9.17) is 5.73 Å². The van der Waals surface area contributed by atoms with E-state index in [1.165, 1.54) is 33.9 Å². The Morgan fingerprint density at radius 2 is 2.12 bits per heavy atom. The summed E-state index contributed by atoms with van der Waals surface area (Å²) >= 11 is 4.07. The largest absolute Gasteiger partial charge is 0.323 e. The van der Waals surface area contributed by atoms with Crippen LogP contribution in [0.1, 0.15) is 22.7 Å². The zero-order valence-electron chi connectivity index (χ0n) is 9.90. The SMILES string of the molecule is Cc1ccc(C(N)C2CSCCS2)c(C)c1. The predicted molar refractivity (Wildman–Crippen MR) is 76.4 cm³/mol. The van der Waals surface area contributed by atoms with E-state index < -0.39 is 0 Å². The summed E-state index contributed by atoms with van der Waals surface area (Å²) in [5, 5.41) is 0.583. The van der Waals surface area contributed by atoms with Gasteiger partial charge in [0.2, 0.25) is 0 Å². The second kappa shape index (κ2) is 5.48. The topological polar surface area (TPSA) is 26.0 Å². The molecule has 2 rings (SSSR count). The van der Waals surface area contributed by atoms with Gasteiger partial charge >= 0.3 is 0 Å². The Labute approximate surface area is 107 Å². The van der Waals surface area contributed by atoms with E-state index in [2.05, 4.69) is 32.0 Å². The fourth-order valence-corrected chi connectivity index (χ4v) is 4.91. The van der Waals surface area contributed by atoms with Gasteiger partial charge in [0.15, 0.2) is 0 Å². The molecule has 0 bridgehead atoms. The van der Waals surface area contributed by atoms with Crippen molar-refractivity contribution < 1.29 is 0 Å². The van der Waals surface area contributed by atoms with E-state index in [0.717, 1.165) is 0 Å². The van der Waals surface area contributed by atoms with Crippen LogP contribution in [-0.2, 0) is 0 Å². The summed E-state index contributed by atoms with van der Waals surface area (Å²) < 4.78 is 0. The number of aryl methyl sites for hydroxylation is 2. The second-order valence-electron chi connectivity index (χ2n) is 4.37. The van der Waals surface area contributed by atoms with E-state index in [-0.39, 0.29) is 6.04 Å². The van der Waals surface area contributed by atoms with Crippen molar-refractivity contribution in [2.24, 2.45) is 5.73 Å². The summed E-state index contributed by atoms with van der Waals surface area (Å²) in [6, 6.07) is 6.80. The van der Waals surface area contributed by atoms with E-state index >= 15 is 0 Å². The van der Waals surface area contributed by atoms with Crippen molar-refractivity contribution in [2.75, 3.05) is 17.3 Å². The Kier molecular flexibility index (Phi) is 4.22. The summed E-state index contributed by atoms with van der Waals surface area (Å²) in [7, 11) is 0. The first-order chi connectivity index (χ1) is 7.68. The van der Waals surface area contributed by atoms with Crippen LogP contribution in [0.3, 0.4) is 0 Å². The monoisotopic (exact) mass is 253 g/mol. The van der Waals surface area contributed by atoms with E-state index in [1.807, 2.05) is 23.5 Å². The average molecular weight is 253 g/mol. The van der Waals surface area contributed by atoms with E-state index in [1.54, 1.807) is 0 Å². The Hall–Kier alpha value is -0.120. The van der Waals surface area contributed by atoms with Crippen LogP contribution >= 0.6 is 23.5 Å². The van der Waals surface area contributed by atoms with Crippen LogP contribution in [0, 0.1) is 13.8 Å². The van der Waals surface area contributed by atoms with Crippen molar-refractivity contribution in [3.63, 3.8) is 0 Å². The third kappa shape index (κ3) is 2.76. The highest BCUT2D eigenvalue weighted by atomic mass is 32.2. The lowest BCUT2D eigenvalue weighted by Gasteiger charge is -2.28. The minimum Gasteiger partial charge on any atom is -0.323 e. The number of rotatable bonds is 2. The number of hydrogen-bond acceptors (Lipinski definition) is 3. The lowest BCUT2D eigenvalue weighted by Crippen LogP contribution is -2.29. The van der Waals surface area contributed by atoms with Crippen molar-refractivity contribution in [3.05, 3.63) is 34.9 Å². The zero-order chi connectivity index (χ0) is 11.5. The van der Waals surface area contributed by atoms with Crippen molar-refractivity contribution >= 4 is 23.5 Å². The van der Waals surface area contributed by atoms with Gasteiger partial charge in [-0.2, -0.15) is 23.5 Å². The molecule has 0 aliphatic carbocycles. The summed E-state index contributed by atoms with van der Waals surface area (Å²) in [5.41, 5.74) is 10.4. The number of hydrogen-bond donors (Lipinski definition) is 1. The highest BCUT2D eigenvalue weighted by Gasteiger charge is 2.23. The van der Waals surface area contributed by atoms with Crippen molar-refractivity contribution in [3.8, 4) is 0 Å². The molecule has 0 amide bonds. The van der Waals surface area contributed by atoms with E-state index in [0.29, 0.717) is 5.25 Å². The number of thioether (sulfide) groups is 2. The van der Waals surface area contributed by atoms with Gasteiger partial charge in [-0.05, 0) is 25.0 Å². The minimum atomic E-state index is 0.193. The van der Waals surface area contributed by atoms with Crippen LogP contribution in [0.25, 0.3) is 0 Å². The summed E-state index contributed by atoms with van der Waals surface area (Å²) in [6.07, 6.45) is 0. The molecule has 3 heteroatoms. The van der Waals surface area contributed by atoms with Crippen LogP contribution in [0.4, 0.5) is 0 Å². The average Bonchev–Trinajstić information content (AvgIpc) is 2.29. The molecule has 2 N–H and O–H groups in total. The van der Waals surface area contributed by atoms with Gasteiger partial charge in [0, 0.05) is 28.6 Å². The highest BCUT2D eigenvalue weighted by Crippen LogP contribution is 2.33. The van der Waals surface area contributed by atoms with Gasteiger partial charge in [0.25, 0.3) is 0 Å². The molecule has 1 aromatic carbocycles. The molecule has 2 atom stereocenters. The third-order valence-electron chi connectivity index (χ3n) is 3.03. The molecule has 1 aromatic rings. The summed E-state index contributed by atoms with van der Waals surface area (Å²) in [6.45, 7) is 4.30. The van der Waals surface area contributed by atoms with Gasteiger partial charge in [-0.25, -0.2) is 0 Å². The molecule has 1 heterocycles. The molecule has 1 aliphatic rings. The van der Waals surface area contributed by atoms with Gasteiger partial charge in [0.1, 0.15) is 0 Å². The molecule has 0 spiro atoms. The first kappa shape index (κ1) is 12.3.